The van der Waals surface area contributed by atoms with Gasteiger partial charge >= 0.3 is 0 Å². The minimum atomic E-state index is -0.102. The summed E-state index contributed by atoms with van der Waals surface area (Å²) >= 11 is 5.96. The van der Waals surface area contributed by atoms with Crippen molar-refractivity contribution in [3.05, 3.63) is 45.6 Å². The molecule has 0 fully saturated rings. The largest absolute Gasteiger partial charge is 0.437 e. The number of aromatic nitrogens is 2. The maximum absolute atomic E-state index is 7.68. The van der Waals surface area contributed by atoms with Crippen molar-refractivity contribution in [3.63, 3.8) is 0 Å². The van der Waals surface area contributed by atoms with Gasteiger partial charge in [-0.3, -0.25) is 5.41 Å². The van der Waals surface area contributed by atoms with Crippen molar-refractivity contribution >= 4 is 17.4 Å². The lowest BCUT2D eigenvalue weighted by atomic mass is 10.1. The zero-order chi connectivity index (χ0) is 14.9. The summed E-state index contributed by atoms with van der Waals surface area (Å²) in [5.41, 5.74) is 8.47. The summed E-state index contributed by atoms with van der Waals surface area (Å²) in [6.07, 6.45) is 0. The van der Waals surface area contributed by atoms with Gasteiger partial charge in [0.25, 0.3) is 0 Å². The molecule has 2 rings (SSSR count). The average molecular weight is 291 g/mol. The van der Waals surface area contributed by atoms with Gasteiger partial charge in [0, 0.05) is 5.02 Å². The van der Waals surface area contributed by atoms with E-state index in [1.807, 2.05) is 26.8 Å². The van der Waals surface area contributed by atoms with E-state index in [0.717, 1.165) is 11.1 Å². The summed E-state index contributed by atoms with van der Waals surface area (Å²) in [6.45, 7) is 5.54. The quantitative estimate of drug-likeness (QED) is 0.672. The number of aryl methyl sites for hydroxylation is 2. The van der Waals surface area contributed by atoms with Crippen LogP contribution < -0.4 is 10.5 Å². The Bertz CT molecular complexity index is 685. The minimum Gasteiger partial charge on any atom is -0.437 e. The number of hydrogen-bond acceptors (Lipinski definition) is 4. The molecule has 0 saturated heterocycles. The number of nitrogens with one attached hydrogen (secondary N) is 1. The second kappa shape index (κ2) is 5.46. The fraction of sp³-hybridized carbons (Fsp3) is 0.214. The lowest BCUT2D eigenvalue weighted by Gasteiger charge is -2.13. The molecule has 5 nitrogen and oxygen atoms in total. The molecule has 0 spiro atoms. The van der Waals surface area contributed by atoms with Gasteiger partial charge < -0.3 is 10.5 Å². The molecule has 0 saturated carbocycles. The van der Waals surface area contributed by atoms with Crippen LogP contribution in [0.5, 0.6) is 11.6 Å². The van der Waals surface area contributed by atoms with Gasteiger partial charge in [-0.05, 0) is 44.0 Å². The molecule has 0 atom stereocenters. The summed E-state index contributed by atoms with van der Waals surface area (Å²) in [5.74, 6) is 0.679. The fourth-order valence-electron chi connectivity index (χ4n) is 1.76. The number of hydrogen-bond donors (Lipinski definition) is 2. The summed E-state index contributed by atoms with van der Waals surface area (Å²) in [5, 5.41) is 16.2. The highest BCUT2D eigenvalue weighted by Gasteiger charge is 2.16. The molecule has 2 aromatic rings. The number of nitrogens with two attached hydrogens (primary N) is 1. The van der Waals surface area contributed by atoms with Crippen LogP contribution in [0.15, 0.2) is 18.2 Å². The monoisotopic (exact) mass is 290 g/mol. The average Bonchev–Trinajstić information content (AvgIpc) is 2.38. The molecule has 1 aromatic heterocycles. The van der Waals surface area contributed by atoms with Crippen molar-refractivity contribution in [1.29, 1.82) is 5.41 Å². The van der Waals surface area contributed by atoms with Crippen molar-refractivity contribution in [2.75, 3.05) is 0 Å². The van der Waals surface area contributed by atoms with Crippen LogP contribution in [-0.2, 0) is 0 Å². The van der Waals surface area contributed by atoms with Crippen LogP contribution in [-0.4, -0.2) is 16.0 Å². The van der Waals surface area contributed by atoms with Gasteiger partial charge in [0.1, 0.15) is 11.6 Å². The van der Waals surface area contributed by atoms with E-state index < -0.39 is 0 Å². The molecule has 3 N–H and O–H groups in total. The molecular weight excluding hydrogens is 276 g/mol. The van der Waals surface area contributed by atoms with E-state index in [-0.39, 0.29) is 11.7 Å². The third-order valence-corrected chi connectivity index (χ3v) is 3.28. The first-order chi connectivity index (χ1) is 9.40. The molecule has 0 unspecified atom stereocenters. The molecule has 0 radical (unpaired) electrons. The van der Waals surface area contributed by atoms with E-state index in [0.29, 0.717) is 22.0 Å². The highest BCUT2D eigenvalue weighted by Crippen LogP contribution is 2.29. The van der Waals surface area contributed by atoms with Crippen molar-refractivity contribution in [3.8, 4) is 11.6 Å². The van der Waals surface area contributed by atoms with Crippen LogP contribution in [0.2, 0.25) is 5.02 Å². The second-order valence-corrected chi connectivity index (χ2v) is 4.95. The summed E-state index contributed by atoms with van der Waals surface area (Å²) in [4.78, 5) is 0. The Balaban J connectivity index is 2.51. The molecule has 0 aliphatic rings. The van der Waals surface area contributed by atoms with Gasteiger partial charge in [-0.15, -0.1) is 5.10 Å². The molecule has 1 heterocycles. The molecular formula is C14H15ClN4O. The number of rotatable bonds is 3. The Hall–Kier alpha value is -2.14. The fourth-order valence-corrected chi connectivity index (χ4v) is 1.93. The van der Waals surface area contributed by atoms with E-state index >= 15 is 0 Å². The number of amidine groups is 1. The van der Waals surface area contributed by atoms with Crippen molar-refractivity contribution in [2.24, 2.45) is 5.73 Å². The lowest BCUT2D eigenvalue weighted by Crippen LogP contribution is -2.16. The molecule has 104 valence electrons. The molecule has 0 aliphatic carbocycles. The van der Waals surface area contributed by atoms with Crippen LogP contribution in [0, 0.1) is 26.2 Å². The number of nitrogens with zero attached hydrogens (tertiary/aromatic N) is 2. The normalized spacial score (nSPS) is 10.4. The number of nitrogen functional groups attached to an aromatic ring is 1. The number of benzene rings is 1. The predicted molar refractivity (Wildman–Crippen MR) is 78.8 cm³/mol. The molecule has 0 bridgehead atoms. The summed E-state index contributed by atoms with van der Waals surface area (Å²) in [7, 11) is 0. The maximum Gasteiger partial charge on any atom is 0.250 e. The van der Waals surface area contributed by atoms with Crippen LogP contribution in [0.1, 0.15) is 22.4 Å². The number of halogens is 1. The Morgan fingerprint density at radius 1 is 1.25 bits per heavy atom. The van der Waals surface area contributed by atoms with Crippen molar-refractivity contribution < 1.29 is 4.74 Å². The Labute approximate surface area is 122 Å². The lowest BCUT2D eigenvalue weighted by molar-refractivity contribution is 0.449. The molecule has 1 aromatic carbocycles. The van der Waals surface area contributed by atoms with Gasteiger partial charge in [0.05, 0.1) is 11.3 Å². The van der Waals surface area contributed by atoms with E-state index in [1.54, 1.807) is 12.1 Å². The van der Waals surface area contributed by atoms with E-state index in [2.05, 4.69) is 10.2 Å². The van der Waals surface area contributed by atoms with Crippen LogP contribution in [0.3, 0.4) is 0 Å². The number of ether oxygens (including phenoxy) is 1. The van der Waals surface area contributed by atoms with E-state index in [1.165, 1.54) is 0 Å². The van der Waals surface area contributed by atoms with E-state index in [9.17, 15) is 0 Å². The predicted octanol–water partition coefficient (Wildman–Crippen LogP) is 3.13. The first-order valence-electron chi connectivity index (χ1n) is 6.02. The Morgan fingerprint density at radius 3 is 2.60 bits per heavy atom. The van der Waals surface area contributed by atoms with Crippen LogP contribution in [0.25, 0.3) is 0 Å². The van der Waals surface area contributed by atoms with Crippen LogP contribution in [0.4, 0.5) is 0 Å². The standard InChI is InChI=1S/C14H15ClN4O/c1-7-4-5-10(15)6-11(7)20-14-12(13(16)17)8(2)9(3)18-19-14/h4-6H,1-3H3,(H3,16,17). The Kier molecular flexibility index (Phi) is 3.90. The molecule has 20 heavy (non-hydrogen) atoms. The van der Waals surface area contributed by atoms with Gasteiger partial charge in [-0.2, -0.15) is 5.10 Å². The third-order valence-electron chi connectivity index (χ3n) is 3.05. The molecule has 6 heteroatoms. The summed E-state index contributed by atoms with van der Waals surface area (Å²) < 4.78 is 5.74. The van der Waals surface area contributed by atoms with Crippen LogP contribution >= 0.6 is 11.6 Å². The third kappa shape index (κ3) is 2.72. The minimum absolute atomic E-state index is 0.102. The smallest absolute Gasteiger partial charge is 0.250 e. The van der Waals surface area contributed by atoms with Gasteiger partial charge in [-0.1, -0.05) is 17.7 Å². The highest BCUT2D eigenvalue weighted by atomic mass is 35.5. The van der Waals surface area contributed by atoms with Gasteiger partial charge in [-0.25, -0.2) is 0 Å². The van der Waals surface area contributed by atoms with E-state index in [4.69, 9.17) is 27.5 Å². The maximum atomic E-state index is 7.68. The first-order valence-corrected chi connectivity index (χ1v) is 6.40. The van der Waals surface area contributed by atoms with Gasteiger partial charge in [0.15, 0.2) is 0 Å². The summed E-state index contributed by atoms with van der Waals surface area (Å²) in [6, 6.07) is 5.32. The van der Waals surface area contributed by atoms with Gasteiger partial charge in [0.2, 0.25) is 5.88 Å². The SMILES string of the molecule is Cc1ccc(Cl)cc1Oc1nnc(C)c(C)c1C(=N)N. The Morgan fingerprint density at radius 2 is 1.95 bits per heavy atom. The van der Waals surface area contributed by atoms with Crippen molar-refractivity contribution in [1.82, 2.24) is 10.2 Å². The topological polar surface area (TPSA) is 84.9 Å². The zero-order valence-corrected chi connectivity index (χ0v) is 12.2. The second-order valence-electron chi connectivity index (χ2n) is 4.52. The highest BCUT2D eigenvalue weighted by molar-refractivity contribution is 6.30. The molecule has 0 aliphatic heterocycles. The zero-order valence-electron chi connectivity index (χ0n) is 11.5. The first kappa shape index (κ1) is 14.3. The molecule has 0 amide bonds. The van der Waals surface area contributed by atoms with Crippen molar-refractivity contribution in [2.45, 2.75) is 20.8 Å².